The fourth-order valence-corrected chi connectivity index (χ4v) is 3.55. The number of aromatic nitrogens is 3. The number of pyridine rings is 1. The zero-order chi connectivity index (χ0) is 18.3. The molecule has 0 spiro atoms. The average molecular weight is 340 g/mol. The summed E-state index contributed by atoms with van der Waals surface area (Å²) < 4.78 is 0. The quantitative estimate of drug-likeness (QED) is 0.565. The smallest absolute Gasteiger partial charge is 0.221 e. The lowest BCUT2D eigenvalue weighted by Gasteiger charge is -2.13. The summed E-state index contributed by atoms with van der Waals surface area (Å²) in [6, 6.07) is 18.3. The maximum atomic E-state index is 5.93. The Morgan fingerprint density at radius 3 is 2.15 bits per heavy atom. The molecular formula is C22H20N4. The molecule has 128 valence electrons. The molecule has 0 aliphatic carbocycles. The van der Waals surface area contributed by atoms with Crippen molar-refractivity contribution < 1.29 is 0 Å². The molecule has 4 heteroatoms. The van der Waals surface area contributed by atoms with Gasteiger partial charge in [-0.05, 0) is 44.0 Å². The molecule has 0 atom stereocenters. The first-order chi connectivity index (χ1) is 12.5. The van der Waals surface area contributed by atoms with Gasteiger partial charge >= 0.3 is 0 Å². The van der Waals surface area contributed by atoms with Crippen LogP contribution in [0.5, 0.6) is 0 Å². The molecule has 0 saturated carbocycles. The van der Waals surface area contributed by atoms with Crippen molar-refractivity contribution in [2.75, 3.05) is 5.73 Å². The van der Waals surface area contributed by atoms with Gasteiger partial charge in [-0.2, -0.15) is 0 Å². The van der Waals surface area contributed by atoms with E-state index in [1.54, 1.807) is 0 Å². The molecule has 2 aromatic carbocycles. The standard InChI is InChI=1S/C22H20N4/c1-13-11-14(2)19(15(3)12-13)17-9-10-18-21(24-17)20(26-22(23)25-18)16-7-5-4-6-8-16/h4-12H,1-3H3,(H2,23,25,26). The molecule has 0 aliphatic heterocycles. The van der Waals surface area contributed by atoms with E-state index < -0.39 is 0 Å². The number of aryl methyl sites for hydroxylation is 3. The Morgan fingerprint density at radius 2 is 1.46 bits per heavy atom. The van der Waals surface area contributed by atoms with Crippen molar-refractivity contribution in [2.24, 2.45) is 0 Å². The monoisotopic (exact) mass is 340 g/mol. The normalized spacial score (nSPS) is 11.0. The molecule has 0 radical (unpaired) electrons. The molecule has 4 rings (SSSR count). The van der Waals surface area contributed by atoms with Crippen LogP contribution in [0.4, 0.5) is 5.95 Å². The van der Waals surface area contributed by atoms with Crippen LogP contribution in [0.15, 0.2) is 54.6 Å². The van der Waals surface area contributed by atoms with E-state index in [0.717, 1.165) is 33.5 Å². The van der Waals surface area contributed by atoms with Gasteiger partial charge in [-0.25, -0.2) is 15.0 Å². The predicted octanol–water partition coefficient (Wildman–Crippen LogP) is 4.87. The van der Waals surface area contributed by atoms with Crippen molar-refractivity contribution in [3.8, 4) is 22.5 Å². The molecular weight excluding hydrogens is 320 g/mol. The van der Waals surface area contributed by atoms with Gasteiger partial charge in [0, 0.05) is 11.1 Å². The van der Waals surface area contributed by atoms with Crippen LogP contribution in [0.2, 0.25) is 0 Å². The summed E-state index contributed by atoms with van der Waals surface area (Å²) in [7, 11) is 0. The largest absolute Gasteiger partial charge is 0.368 e. The number of rotatable bonds is 2. The minimum Gasteiger partial charge on any atom is -0.368 e. The average Bonchev–Trinajstić information content (AvgIpc) is 2.61. The van der Waals surface area contributed by atoms with Crippen molar-refractivity contribution in [3.05, 3.63) is 71.3 Å². The lowest BCUT2D eigenvalue weighted by Crippen LogP contribution is -2.01. The van der Waals surface area contributed by atoms with E-state index in [4.69, 9.17) is 10.7 Å². The van der Waals surface area contributed by atoms with Gasteiger partial charge in [0.1, 0.15) is 11.2 Å². The summed E-state index contributed by atoms with van der Waals surface area (Å²) in [6.45, 7) is 6.36. The third-order valence-electron chi connectivity index (χ3n) is 4.54. The first-order valence-corrected chi connectivity index (χ1v) is 8.61. The summed E-state index contributed by atoms with van der Waals surface area (Å²) in [5, 5.41) is 0. The molecule has 0 bridgehead atoms. The Balaban J connectivity index is 2.00. The number of hydrogen-bond acceptors (Lipinski definition) is 4. The van der Waals surface area contributed by atoms with Gasteiger partial charge in [0.2, 0.25) is 5.95 Å². The maximum Gasteiger partial charge on any atom is 0.221 e. The second-order valence-corrected chi connectivity index (χ2v) is 6.63. The van der Waals surface area contributed by atoms with Crippen LogP contribution >= 0.6 is 0 Å². The predicted molar refractivity (Wildman–Crippen MR) is 107 cm³/mol. The summed E-state index contributed by atoms with van der Waals surface area (Å²) >= 11 is 0. The molecule has 26 heavy (non-hydrogen) atoms. The highest BCUT2D eigenvalue weighted by Crippen LogP contribution is 2.31. The Morgan fingerprint density at radius 1 is 0.769 bits per heavy atom. The summed E-state index contributed by atoms with van der Waals surface area (Å²) in [5.41, 5.74) is 15.0. The zero-order valence-corrected chi connectivity index (χ0v) is 15.1. The zero-order valence-electron chi connectivity index (χ0n) is 15.1. The number of nitrogens with zero attached hydrogens (tertiary/aromatic N) is 3. The maximum absolute atomic E-state index is 5.93. The van der Waals surface area contributed by atoms with Gasteiger partial charge in [0.05, 0.1) is 11.2 Å². The lowest BCUT2D eigenvalue weighted by atomic mass is 9.96. The third-order valence-corrected chi connectivity index (χ3v) is 4.54. The van der Waals surface area contributed by atoms with E-state index in [1.165, 1.54) is 16.7 Å². The van der Waals surface area contributed by atoms with E-state index in [2.05, 4.69) is 42.9 Å². The Kier molecular flexibility index (Phi) is 3.88. The number of hydrogen-bond donors (Lipinski definition) is 1. The van der Waals surface area contributed by atoms with Crippen LogP contribution in [-0.4, -0.2) is 15.0 Å². The van der Waals surface area contributed by atoms with Crippen molar-refractivity contribution in [3.63, 3.8) is 0 Å². The first-order valence-electron chi connectivity index (χ1n) is 8.61. The molecule has 0 unspecified atom stereocenters. The fraction of sp³-hybridized carbons (Fsp3) is 0.136. The van der Waals surface area contributed by atoms with Crippen LogP contribution in [0.1, 0.15) is 16.7 Å². The Bertz CT molecular complexity index is 1090. The molecule has 2 N–H and O–H groups in total. The highest BCUT2D eigenvalue weighted by Gasteiger charge is 2.14. The Labute approximate surface area is 152 Å². The highest BCUT2D eigenvalue weighted by atomic mass is 15.0. The van der Waals surface area contributed by atoms with E-state index >= 15 is 0 Å². The van der Waals surface area contributed by atoms with Crippen LogP contribution in [0, 0.1) is 20.8 Å². The number of anilines is 1. The van der Waals surface area contributed by atoms with Crippen molar-refractivity contribution in [2.45, 2.75) is 20.8 Å². The van der Waals surface area contributed by atoms with E-state index in [0.29, 0.717) is 0 Å². The topological polar surface area (TPSA) is 64.7 Å². The van der Waals surface area contributed by atoms with E-state index in [-0.39, 0.29) is 5.95 Å². The van der Waals surface area contributed by atoms with E-state index in [9.17, 15) is 0 Å². The molecule has 2 heterocycles. The van der Waals surface area contributed by atoms with Gasteiger partial charge in [-0.1, -0.05) is 48.0 Å². The van der Waals surface area contributed by atoms with Crippen molar-refractivity contribution >= 4 is 17.0 Å². The fourth-order valence-electron chi connectivity index (χ4n) is 3.55. The molecule has 0 amide bonds. The number of nitrogen functional groups attached to an aromatic ring is 1. The highest BCUT2D eigenvalue weighted by molar-refractivity contribution is 5.91. The molecule has 4 nitrogen and oxygen atoms in total. The van der Waals surface area contributed by atoms with Crippen molar-refractivity contribution in [1.82, 2.24) is 15.0 Å². The SMILES string of the molecule is Cc1cc(C)c(-c2ccc3nc(N)nc(-c4ccccc4)c3n2)c(C)c1. The molecule has 2 aromatic heterocycles. The molecule has 4 aromatic rings. The minimum atomic E-state index is 0.258. The van der Waals surface area contributed by atoms with Gasteiger partial charge in [0.25, 0.3) is 0 Å². The number of nitrogens with two attached hydrogens (primary N) is 1. The van der Waals surface area contributed by atoms with Gasteiger partial charge < -0.3 is 5.73 Å². The minimum absolute atomic E-state index is 0.258. The summed E-state index contributed by atoms with van der Waals surface area (Å²) in [5.74, 6) is 0.258. The number of fused-ring (bicyclic) bond motifs is 1. The van der Waals surface area contributed by atoms with Gasteiger partial charge in [-0.15, -0.1) is 0 Å². The number of benzene rings is 2. The Hall–Kier alpha value is -3.27. The van der Waals surface area contributed by atoms with Gasteiger partial charge in [0.15, 0.2) is 0 Å². The van der Waals surface area contributed by atoms with Crippen LogP contribution < -0.4 is 5.73 Å². The molecule has 0 saturated heterocycles. The third kappa shape index (κ3) is 2.80. The van der Waals surface area contributed by atoms with Crippen LogP contribution in [-0.2, 0) is 0 Å². The molecule has 0 fully saturated rings. The first kappa shape index (κ1) is 16.2. The van der Waals surface area contributed by atoms with Crippen LogP contribution in [0.25, 0.3) is 33.5 Å². The van der Waals surface area contributed by atoms with Crippen LogP contribution in [0.3, 0.4) is 0 Å². The van der Waals surface area contributed by atoms with E-state index in [1.807, 2.05) is 42.5 Å². The lowest BCUT2D eigenvalue weighted by molar-refractivity contribution is 1.21. The van der Waals surface area contributed by atoms with Crippen molar-refractivity contribution in [1.29, 1.82) is 0 Å². The molecule has 0 aliphatic rings. The second kappa shape index (κ2) is 6.23. The van der Waals surface area contributed by atoms with Gasteiger partial charge in [-0.3, -0.25) is 0 Å². The summed E-state index contributed by atoms with van der Waals surface area (Å²) in [4.78, 5) is 13.8. The summed E-state index contributed by atoms with van der Waals surface area (Å²) in [6.07, 6.45) is 0. The second-order valence-electron chi connectivity index (χ2n) is 6.63.